The maximum atomic E-state index is 5.44. The fourth-order valence-corrected chi connectivity index (χ4v) is 2.04. The molecule has 1 N–H and O–H groups in total. The number of anilines is 1. The van der Waals surface area contributed by atoms with Crippen LogP contribution < -0.4 is 10.1 Å². The summed E-state index contributed by atoms with van der Waals surface area (Å²) >= 11 is 0. The van der Waals surface area contributed by atoms with Crippen LogP contribution in [0.4, 0.5) is 5.69 Å². The molecule has 0 atom stereocenters. The predicted molar refractivity (Wildman–Crippen MR) is 82.1 cm³/mol. The Morgan fingerprint density at radius 3 is 2.45 bits per heavy atom. The fraction of sp³-hybridized carbons (Fsp3) is 0.294. The van der Waals surface area contributed by atoms with Crippen LogP contribution in [-0.4, -0.2) is 13.7 Å². The molecule has 0 fully saturated rings. The minimum atomic E-state index is 0.618. The Hall–Kier alpha value is -2.00. The maximum Gasteiger partial charge on any atom is 0.119 e. The van der Waals surface area contributed by atoms with E-state index in [-0.39, 0.29) is 0 Å². The average Bonchev–Trinajstić information content (AvgIpc) is 2.48. The van der Waals surface area contributed by atoms with E-state index in [1.807, 2.05) is 31.2 Å². The van der Waals surface area contributed by atoms with Crippen molar-refractivity contribution in [2.45, 2.75) is 20.1 Å². The van der Waals surface area contributed by atoms with Crippen molar-refractivity contribution in [3.63, 3.8) is 0 Å². The number of rotatable bonds is 7. The van der Waals surface area contributed by atoms with Crippen LogP contribution >= 0.6 is 0 Å². The van der Waals surface area contributed by atoms with Gasteiger partial charge < -0.3 is 14.8 Å². The van der Waals surface area contributed by atoms with Crippen LogP contribution in [0.15, 0.2) is 48.5 Å². The summed E-state index contributed by atoms with van der Waals surface area (Å²) in [5, 5.41) is 3.45. The van der Waals surface area contributed by atoms with Gasteiger partial charge in [-0.25, -0.2) is 0 Å². The molecular weight excluding hydrogens is 250 g/mol. The molecule has 0 heterocycles. The Labute approximate surface area is 120 Å². The SMILES string of the molecule is CCOc1ccc(CNc2ccccc2COC)cc1. The summed E-state index contributed by atoms with van der Waals surface area (Å²) in [7, 11) is 1.71. The summed E-state index contributed by atoms with van der Waals surface area (Å²) in [5.41, 5.74) is 3.50. The average molecular weight is 271 g/mol. The van der Waals surface area contributed by atoms with Crippen LogP contribution in [0.2, 0.25) is 0 Å². The summed E-state index contributed by atoms with van der Waals surface area (Å²) in [5.74, 6) is 0.913. The quantitative estimate of drug-likeness (QED) is 0.830. The van der Waals surface area contributed by atoms with Gasteiger partial charge in [0, 0.05) is 24.9 Å². The van der Waals surface area contributed by atoms with Gasteiger partial charge in [-0.15, -0.1) is 0 Å². The molecule has 2 aromatic carbocycles. The first kappa shape index (κ1) is 14.4. The van der Waals surface area contributed by atoms with E-state index >= 15 is 0 Å². The number of ether oxygens (including phenoxy) is 2. The van der Waals surface area contributed by atoms with Gasteiger partial charge in [-0.05, 0) is 30.7 Å². The van der Waals surface area contributed by atoms with Crippen molar-refractivity contribution >= 4 is 5.69 Å². The highest BCUT2D eigenvalue weighted by molar-refractivity contribution is 5.51. The monoisotopic (exact) mass is 271 g/mol. The lowest BCUT2D eigenvalue weighted by Gasteiger charge is -2.12. The molecule has 20 heavy (non-hydrogen) atoms. The first-order valence-electron chi connectivity index (χ1n) is 6.86. The second kappa shape index (κ2) is 7.56. The van der Waals surface area contributed by atoms with E-state index in [0.29, 0.717) is 13.2 Å². The molecule has 0 spiro atoms. The summed E-state index contributed by atoms with van der Waals surface area (Å²) in [4.78, 5) is 0. The number of benzene rings is 2. The fourth-order valence-electron chi connectivity index (χ4n) is 2.04. The maximum absolute atomic E-state index is 5.44. The zero-order chi connectivity index (χ0) is 14.2. The Bertz CT molecular complexity index is 523. The molecule has 0 radical (unpaired) electrons. The van der Waals surface area contributed by atoms with E-state index < -0.39 is 0 Å². The van der Waals surface area contributed by atoms with Gasteiger partial charge in [0.15, 0.2) is 0 Å². The molecule has 0 amide bonds. The Kier molecular flexibility index (Phi) is 5.44. The smallest absolute Gasteiger partial charge is 0.119 e. The van der Waals surface area contributed by atoms with Crippen LogP contribution in [0.25, 0.3) is 0 Å². The first-order valence-corrected chi connectivity index (χ1v) is 6.86. The predicted octanol–water partition coefficient (Wildman–Crippen LogP) is 3.84. The van der Waals surface area contributed by atoms with E-state index in [2.05, 4.69) is 29.6 Å². The highest BCUT2D eigenvalue weighted by Crippen LogP contribution is 2.18. The van der Waals surface area contributed by atoms with Gasteiger partial charge >= 0.3 is 0 Å². The van der Waals surface area contributed by atoms with Gasteiger partial charge in [-0.2, -0.15) is 0 Å². The zero-order valence-electron chi connectivity index (χ0n) is 12.1. The van der Waals surface area contributed by atoms with Crippen molar-refractivity contribution < 1.29 is 9.47 Å². The molecule has 0 aromatic heterocycles. The van der Waals surface area contributed by atoms with E-state index in [1.165, 1.54) is 11.1 Å². The summed E-state index contributed by atoms with van der Waals surface area (Å²) in [6.45, 7) is 4.09. The second-order valence-electron chi connectivity index (χ2n) is 4.52. The molecule has 3 heteroatoms. The molecule has 3 nitrogen and oxygen atoms in total. The standard InChI is InChI=1S/C17H21NO2/c1-3-20-16-10-8-14(9-11-16)12-18-17-7-5-4-6-15(17)13-19-2/h4-11,18H,3,12-13H2,1-2H3. The molecule has 2 aromatic rings. The van der Waals surface area contributed by atoms with E-state index in [4.69, 9.17) is 9.47 Å². The highest BCUT2D eigenvalue weighted by atomic mass is 16.5. The topological polar surface area (TPSA) is 30.5 Å². The number of hydrogen-bond donors (Lipinski definition) is 1. The van der Waals surface area contributed by atoms with E-state index in [9.17, 15) is 0 Å². The van der Waals surface area contributed by atoms with Crippen molar-refractivity contribution in [3.8, 4) is 5.75 Å². The van der Waals surface area contributed by atoms with Crippen LogP contribution in [0.3, 0.4) is 0 Å². The van der Waals surface area contributed by atoms with Crippen LogP contribution in [0.1, 0.15) is 18.1 Å². The van der Waals surface area contributed by atoms with E-state index in [1.54, 1.807) is 7.11 Å². The number of hydrogen-bond acceptors (Lipinski definition) is 3. The molecule has 0 aliphatic carbocycles. The largest absolute Gasteiger partial charge is 0.494 e. The third-order valence-corrected chi connectivity index (χ3v) is 3.03. The minimum absolute atomic E-state index is 0.618. The minimum Gasteiger partial charge on any atom is -0.494 e. The molecule has 0 saturated carbocycles. The molecule has 0 aliphatic heterocycles. The van der Waals surface area contributed by atoms with Crippen LogP contribution in [0.5, 0.6) is 5.75 Å². The second-order valence-corrected chi connectivity index (χ2v) is 4.52. The van der Waals surface area contributed by atoms with Gasteiger partial charge in [0.25, 0.3) is 0 Å². The molecule has 2 rings (SSSR count). The molecule has 0 bridgehead atoms. The van der Waals surface area contributed by atoms with Crippen molar-refractivity contribution in [2.24, 2.45) is 0 Å². The van der Waals surface area contributed by atoms with Crippen molar-refractivity contribution in [1.82, 2.24) is 0 Å². The van der Waals surface area contributed by atoms with Crippen LogP contribution in [-0.2, 0) is 17.9 Å². The van der Waals surface area contributed by atoms with Crippen molar-refractivity contribution in [2.75, 3.05) is 19.0 Å². The Morgan fingerprint density at radius 1 is 1.00 bits per heavy atom. The normalized spacial score (nSPS) is 10.3. The third-order valence-electron chi connectivity index (χ3n) is 3.03. The number of methoxy groups -OCH3 is 1. The lowest BCUT2D eigenvalue weighted by Crippen LogP contribution is -2.03. The molecule has 0 aliphatic rings. The highest BCUT2D eigenvalue weighted by Gasteiger charge is 2.01. The summed E-state index contributed by atoms with van der Waals surface area (Å²) < 4.78 is 10.6. The molecule has 106 valence electrons. The van der Waals surface area contributed by atoms with Crippen molar-refractivity contribution in [1.29, 1.82) is 0 Å². The van der Waals surface area contributed by atoms with Gasteiger partial charge in [0.2, 0.25) is 0 Å². The number of nitrogens with one attached hydrogen (secondary N) is 1. The van der Waals surface area contributed by atoms with Gasteiger partial charge in [-0.3, -0.25) is 0 Å². The van der Waals surface area contributed by atoms with Gasteiger partial charge in [-0.1, -0.05) is 30.3 Å². The molecule has 0 saturated heterocycles. The molecular formula is C17H21NO2. The van der Waals surface area contributed by atoms with Crippen molar-refractivity contribution in [3.05, 3.63) is 59.7 Å². The van der Waals surface area contributed by atoms with E-state index in [0.717, 1.165) is 18.0 Å². The molecule has 0 unspecified atom stereocenters. The third kappa shape index (κ3) is 4.00. The number of para-hydroxylation sites is 1. The first-order chi connectivity index (χ1) is 9.83. The van der Waals surface area contributed by atoms with Gasteiger partial charge in [0.1, 0.15) is 5.75 Å². The Balaban J connectivity index is 1.97. The van der Waals surface area contributed by atoms with Crippen LogP contribution in [0, 0.1) is 0 Å². The summed E-state index contributed by atoms with van der Waals surface area (Å²) in [6.07, 6.45) is 0. The lowest BCUT2D eigenvalue weighted by molar-refractivity contribution is 0.185. The van der Waals surface area contributed by atoms with Gasteiger partial charge in [0.05, 0.1) is 13.2 Å². The lowest BCUT2D eigenvalue weighted by atomic mass is 10.1. The summed E-state index contributed by atoms with van der Waals surface area (Å²) in [6, 6.07) is 16.4. The Morgan fingerprint density at radius 2 is 1.75 bits per heavy atom. The zero-order valence-corrected chi connectivity index (χ0v) is 12.1.